The highest BCUT2D eigenvalue weighted by Gasteiger charge is 2.17. The number of morpholine rings is 1. The van der Waals surface area contributed by atoms with Crippen molar-refractivity contribution in [2.45, 2.75) is 0 Å². The van der Waals surface area contributed by atoms with Crippen LogP contribution < -0.4 is 10.5 Å². The molecule has 1 aliphatic rings. The zero-order valence-corrected chi connectivity index (χ0v) is 11.5. The number of ether oxygens (including phenoxy) is 2. The predicted octanol–water partition coefficient (Wildman–Crippen LogP) is 1.27. The van der Waals surface area contributed by atoms with Crippen LogP contribution >= 0.6 is 15.9 Å². The molecule has 1 aliphatic heterocycles. The third-order valence-electron chi connectivity index (χ3n) is 2.62. The normalized spacial score (nSPS) is 15.5. The standard InChI is InChI=1S/C12H15BrN2O3/c13-9-5-10(14)7-11(6-9)18-8-12(16)15-1-3-17-4-2-15/h5-7H,1-4,8,14H2. The monoisotopic (exact) mass is 314 g/mol. The van der Waals surface area contributed by atoms with E-state index in [-0.39, 0.29) is 12.5 Å². The molecule has 1 amide bonds. The second-order valence-corrected chi connectivity index (χ2v) is 4.92. The van der Waals surface area contributed by atoms with E-state index in [4.69, 9.17) is 15.2 Å². The summed E-state index contributed by atoms with van der Waals surface area (Å²) in [4.78, 5) is 13.6. The molecule has 5 nitrogen and oxygen atoms in total. The molecule has 18 heavy (non-hydrogen) atoms. The highest BCUT2D eigenvalue weighted by atomic mass is 79.9. The number of rotatable bonds is 3. The summed E-state index contributed by atoms with van der Waals surface area (Å²) in [6, 6.07) is 5.25. The minimum Gasteiger partial charge on any atom is -0.484 e. The van der Waals surface area contributed by atoms with Gasteiger partial charge in [-0.05, 0) is 12.1 Å². The van der Waals surface area contributed by atoms with Crippen molar-refractivity contribution in [1.29, 1.82) is 0 Å². The highest BCUT2D eigenvalue weighted by molar-refractivity contribution is 9.10. The molecule has 2 N–H and O–H groups in total. The molecule has 2 rings (SSSR count). The van der Waals surface area contributed by atoms with Gasteiger partial charge >= 0.3 is 0 Å². The summed E-state index contributed by atoms with van der Waals surface area (Å²) in [5.74, 6) is 0.556. The molecular weight excluding hydrogens is 300 g/mol. The molecule has 1 fully saturated rings. The second kappa shape index (κ2) is 6.06. The Morgan fingerprint density at radius 1 is 1.39 bits per heavy atom. The molecule has 1 aromatic carbocycles. The Morgan fingerprint density at radius 2 is 2.11 bits per heavy atom. The van der Waals surface area contributed by atoms with Gasteiger partial charge in [0.1, 0.15) is 5.75 Å². The summed E-state index contributed by atoms with van der Waals surface area (Å²) in [5.41, 5.74) is 6.28. The van der Waals surface area contributed by atoms with Crippen molar-refractivity contribution in [3.05, 3.63) is 22.7 Å². The van der Waals surface area contributed by atoms with E-state index in [1.54, 1.807) is 23.1 Å². The van der Waals surface area contributed by atoms with E-state index in [1.165, 1.54) is 0 Å². The van der Waals surface area contributed by atoms with Gasteiger partial charge in [-0.3, -0.25) is 4.79 Å². The number of nitrogens with two attached hydrogens (primary N) is 1. The van der Waals surface area contributed by atoms with Crippen LogP contribution in [0, 0.1) is 0 Å². The Kier molecular flexibility index (Phi) is 4.43. The molecule has 0 unspecified atom stereocenters. The summed E-state index contributed by atoms with van der Waals surface area (Å²) in [6.07, 6.45) is 0. The van der Waals surface area contributed by atoms with Crippen molar-refractivity contribution in [3.63, 3.8) is 0 Å². The number of halogens is 1. The van der Waals surface area contributed by atoms with Crippen molar-refractivity contribution in [2.24, 2.45) is 0 Å². The number of anilines is 1. The van der Waals surface area contributed by atoms with E-state index in [0.717, 1.165) is 4.47 Å². The van der Waals surface area contributed by atoms with Gasteiger partial charge in [-0.1, -0.05) is 15.9 Å². The van der Waals surface area contributed by atoms with Gasteiger partial charge in [0.25, 0.3) is 5.91 Å². The molecule has 1 heterocycles. The number of carbonyl (C=O) groups is 1. The summed E-state index contributed by atoms with van der Waals surface area (Å²) in [7, 11) is 0. The van der Waals surface area contributed by atoms with E-state index in [1.807, 2.05) is 0 Å². The Labute approximate surface area is 114 Å². The van der Waals surface area contributed by atoms with E-state index in [0.29, 0.717) is 37.7 Å². The fraction of sp³-hybridized carbons (Fsp3) is 0.417. The predicted molar refractivity (Wildman–Crippen MR) is 71.4 cm³/mol. The minimum atomic E-state index is -0.0307. The topological polar surface area (TPSA) is 64.8 Å². The fourth-order valence-electron chi connectivity index (χ4n) is 1.72. The lowest BCUT2D eigenvalue weighted by atomic mass is 10.3. The Hall–Kier alpha value is -1.27. The number of hydrogen-bond donors (Lipinski definition) is 1. The third kappa shape index (κ3) is 3.61. The van der Waals surface area contributed by atoms with Crippen LogP contribution in [0.5, 0.6) is 5.75 Å². The molecule has 1 saturated heterocycles. The number of nitrogen functional groups attached to an aromatic ring is 1. The van der Waals surface area contributed by atoms with E-state index >= 15 is 0 Å². The first-order valence-corrected chi connectivity index (χ1v) is 6.49. The zero-order chi connectivity index (χ0) is 13.0. The lowest BCUT2D eigenvalue weighted by molar-refractivity contribution is -0.137. The van der Waals surface area contributed by atoms with Gasteiger partial charge in [0, 0.05) is 29.3 Å². The van der Waals surface area contributed by atoms with Gasteiger partial charge in [-0.2, -0.15) is 0 Å². The van der Waals surface area contributed by atoms with Gasteiger partial charge in [0.2, 0.25) is 0 Å². The number of hydrogen-bond acceptors (Lipinski definition) is 4. The summed E-state index contributed by atoms with van der Waals surface area (Å²) in [6.45, 7) is 2.46. The van der Waals surface area contributed by atoms with Crippen molar-refractivity contribution >= 4 is 27.5 Å². The van der Waals surface area contributed by atoms with Gasteiger partial charge < -0.3 is 20.1 Å². The van der Waals surface area contributed by atoms with Crippen molar-refractivity contribution in [1.82, 2.24) is 4.90 Å². The summed E-state index contributed by atoms with van der Waals surface area (Å²) < 4.78 is 11.5. The van der Waals surface area contributed by atoms with E-state index in [2.05, 4.69) is 15.9 Å². The van der Waals surface area contributed by atoms with Crippen molar-refractivity contribution in [3.8, 4) is 5.75 Å². The van der Waals surface area contributed by atoms with Crippen LogP contribution in [0.15, 0.2) is 22.7 Å². The minimum absolute atomic E-state index is 0.0237. The lowest BCUT2D eigenvalue weighted by Crippen LogP contribution is -2.42. The molecule has 98 valence electrons. The third-order valence-corrected chi connectivity index (χ3v) is 3.08. The molecule has 0 atom stereocenters. The molecule has 0 spiro atoms. The number of carbonyl (C=O) groups excluding carboxylic acids is 1. The van der Waals surface area contributed by atoms with Gasteiger partial charge in [0.15, 0.2) is 6.61 Å². The first-order valence-electron chi connectivity index (χ1n) is 5.69. The summed E-state index contributed by atoms with van der Waals surface area (Å²) >= 11 is 3.32. The molecule has 0 radical (unpaired) electrons. The van der Waals surface area contributed by atoms with Crippen LogP contribution in [-0.2, 0) is 9.53 Å². The lowest BCUT2D eigenvalue weighted by Gasteiger charge is -2.26. The van der Waals surface area contributed by atoms with Crippen LogP contribution in [-0.4, -0.2) is 43.7 Å². The average Bonchev–Trinajstić information content (AvgIpc) is 2.36. The number of nitrogens with zero attached hydrogens (tertiary/aromatic N) is 1. The maximum Gasteiger partial charge on any atom is 0.260 e. The Balaban J connectivity index is 1.88. The largest absolute Gasteiger partial charge is 0.484 e. The molecule has 0 bridgehead atoms. The second-order valence-electron chi connectivity index (χ2n) is 4.00. The molecule has 6 heteroatoms. The van der Waals surface area contributed by atoms with E-state index < -0.39 is 0 Å². The quantitative estimate of drug-likeness (QED) is 0.853. The first kappa shape index (κ1) is 13.2. The smallest absolute Gasteiger partial charge is 0.260 e. The molecule has 1 aromatic rings. The van der Waals surface area contributed by atoms with Crippen LogP contribution in [0.25, 0.3) is 0 Å². The van der Waals surface area contributed by atoms with Crippen LogP contribution in [0.1, 0.15) is 0 Å². The fourth-order valence-corrected chi connectivity index (χ4v) is 2.21. The van der Waals surface area contributed by atoms with Gasteiger partial charge in [0.05, 0.1) is 13.2 Å². The maximum absolute atomic E-state index is 11.8. The van der Waals surface area contributed by atoms with Crippen LogP contribution in [0.2, 0.25) is 0 Å². The maximum atomic E-state index is 11.8. The van der Waals surface area contributed by atoms with Gasteiger partial charge in [-0.25, -0.2) is 0 Å². The van der Waals surface area contributed by atoms with Crippen LogP contribution in [0.3, 0.4) is 0 Å². The molecular formula is C12H15BrN2O3. The van der Waals surface area contributed by atoms with Gasteiger partial charge in [-0.15, -0.1) is 0 Å². The Morgan fingerprint density at radius 3 is 2.78 bits per heavy atom. The number of benzene rings is 1. The SMILES string of the molecule is Nc1cc(Br)cc(OCC(=O)N2CCOCC2)c1. The Bertz CT molecular complexity index is 413. The van der Waals surface area contributed by atoms with Crippen LogP contribution in [0.4, 0.5) is 5.69 Å². The zero-order valence-electron chi connectivity index (χ0n) is 9.89. The highest BCUT2D eigenvalue weighted by Crippen LogP contribution is 2.22. The van der Waals surface area contributed by atoms with E-state index in [9.17, 15) is 4.79 Å². The van der Waals surface area contributed by atoms with Crippen molar-refractivity contribution < 1.29 is 14.3 Å². The molecule has 0 aliphatic carbocycles. The molecule has 0 aromatic heterocycles. The first-order chi connectivity index (χ1) is 8.65. The van der Waals surface area contributed by atoms with Crippen molar-refractivity contribution in [2.75, 3.05) is 38.6 Å². The molecule has 0 saturated carbocycles. The number of amides is 1. The average molecular weight is 315 g/mol. The summed E-state index contributed by atoms with van der Waals surface area (Å²) in [5, 5.41) is 0.